The fourth-order valence-electron chi connectivity index (χ4n) is 2.85. The van der Waals surface area contributed by atoms with Crippen LogP contribution in [0.5, 0.6) is 5.75 Å². The van der Waals surface area contributed by atoms with E-state index in [9.17, 15) is 4.39 Å². The number of aromatic nitrogens is 4. The first-order chi connectivity index (χ1) is 15.2. The van der Waals surface area contributed by atoms with Gasteiger partial charge in [0.1, 0.15) is 17.7 Å². The third-order valence-electron chi connectivity index (χ3n) is 4.57. The van der Waals surface area contributed by atoms with Crippen LogP contribution in [0.25, 0.3) is 0 Å². The van der Waals surface area contributed by atoms with E-state index in [0.29, 0.717) is 23.1 Å². The Morgan fingerprint density at radius 1 is 1.00 bits per heavy atom. The number of hydrogen-bond donors (Lipinski definition) is 4. The second-order valence-electron chi connectivity index (χ2n) is 6.87. The van der Waals surface area contributed by atoms with Crippen molar-refractivity contribution in [3.63, 3.8) is 0 Å². The number of nitrogen functional groups attached to an aromatic ring is 4. The summed E-state index contributed by atoms with van der Waals surface area (Å²) in [5.41, 5.74) is 22.6. The minimum atomic E-state index is -0.314. The van der Waals surface area contributed by atoms with Crippen molar-refractivity contribution in [3.05, 3.63) is 46.2 Å². The minimum absolute atomic E-state index is 0.0236. The van der Waals surface area contributed by atoms with Crippen molar-refractivity contribution in [3.8, 4) is 5.75 Å². The standard InChI is InChI=1S/C15H17BrFN5O.C4H5ClN4/c16-11-2-1-9(17)7-13(11)23-10-3-5-22(6-4-10)15-20-8-12(18)14(19)21-15;5-4-8-1-2(6)3(7)9-4/h1-2,7-8,10H,3-6,18H2,(H2,19,20,21);1H,6H2,(H2,7,8,9). The molecule has 0 spiro atoms. The van der Waals surface area contributed by atoms with E-state index in [0.717, 1.165) is 30.4 Å². The maximum atomic E-state index is 13.3. The van der Waals surface area contributed by atoms with Crippen LogP contribution >= 0.6 is 27.5 Å². The summed E-state index contributed by atoms with van der Waals surface area (Å²) < 4.78 is 19.9. The molecule has 0 unspecified atom stereocenters. The molecule has 1 fully saturated rings. The van der Waals surface area contributed by atoms with Crippen LogP contribution in [0.4, 0.5) is 33.3 Å². The Bertz CT molecular complexity index is 1080. The van der Waals surface area contributed by atoms with Gasteiger partial charge in [0.15, 0.2) is 11.6 Å². The molecule has 1 aliphatic heterocycles. The predicted molar refractivity (Wildman–Crippen MR) is 127 cm³/mol. The van der Waals surface area contributed by atoms with Gasteiger partial charge in [-0.05, 0) is 39.7 Å². The molecule has 0 radical (unpaired) electrons. The van der Waals surface area contributed by atoms with E-state index in [4.69, 9.17) is 39.3 Å². The van der Waals surface area contributed by atoms with Gasteiger partial charge in [-0.2, -0.15) is 9.97 Å². The van der Waals surface area contributed by atoms with Gasteiger partial charge in [-0.15, -0.1) is 0 Å². The van der Waals surface area contributed by atoms with Crippen molar-refractivity contribution in [2.24, 2.45) is 0 Å². The van der Waals surface area contributed by atoms with E-state index < -0.39 is 0 Å². The molecule has 1 aromatic carbocycles. The molecule has 170 valence electrons. The Labute approximate surface area is 197 Å². The molecule has 4 rings (SSSR count). The van der Waals surface area contributed by atoms with Crippen LogP contribution in [0.3, 0.4) is 0 Å². The first kappa shape index (κ1) is 23.5. The fraction of sp³-hybridized carbons (Fsp3) is 0.263. The summed E-state index contributed by atoms with van der Waals surface area (Å²) in [5, 5.41) is 0.113. The Hall–Kier alpha value is -3.12. The van der Waals surface area contributed by atoms with E-state index in [1.165, 1.54) is 24.5 Å². The Morgan fingerprint density at radius 2 is 1.62 bits per heavy atom. The second-order valence-corrected chi connectivity index (χ2v) is 8.06. The molecular formula is C19H22BrClFN9O. The summed E-state index contributed by atoms with van der Waals surface area (Å²) in [6.07, 6.45) is 4.48. The third kappa shape index (κ3) is 6.20. The average Bonchev–Trinajstić information content (AvgIpc) is 2.77. The molecule has 1 saturated heterocycles. The lowest BCUT2D eigenvalue weighted by Gasteiger charge is -2.32. The molecule has 0 aliphatic carbocycles. The highest BCUT2D eigenvalue weighted by Crippen LogP contribution is 2.29. The van der Waals surface area contributed by atoms with Crippen LogP contribution in [-0.4, -0.2) is 39.1 Å². The first-order valence-corrected chi connectivity index (χ1v) is 10.7. The van der Waals surface area contributed by atoms with Crippen LogP contribution < -0.4 is 32.6 Å². The van der Waals surface area contributed by atoms with Gasteiger partial charge in [0, 0.05) is 32.0 Å². The van der Waals surface area contributed by atoms with Crippen molar-refractivity contribution in [2.45, 2.75) is 18.9 Å². The van der Waals surface area contributed by atoms with Gasteiger partial charge < -0.3 is 32.6 Å². The number of piperidine rings is 1. The molecule has 8 N–H and O–H groups in total. The molecule has 3 heterocycles. The maximum Gasteiger partial charge on any atom is 0.227 e. The molecule has 10 nitrogen and oxygen atoms in total. The Morgan fingerprint density at radius 3 is 2.22 bits per heavy atom. The van der Waals surface area contributed by atoms with Crippen LogP contribution in [-0.2, 0) is 0 Å². The maximum absolute atomic E-state index is 13.3. The monoisotopic (exact) mass is 525 g/mol. The van der Waals surface area contributed by atoms with Gasteiger partial charge in [0.05, 0.1) is 28.2 Å². The molecule has 0 atom stereocenters. The smallest absolute Gasteiger partial charge is 0.227 e. The molecule has 32 heavy (non-hydrogen) atoms. The molecule has 1 aliphatic rings. The molecule has 0 saturated carbocycles. The highest BCUT2D eigenvalue weighted by atomic mass is 79.9. The average molecular weight is 527 g/mol. The highest BCUT2D eigenvalue weighted by molar-refractivity contribution is 9.10. The number of anilines is 5. The largest absolute Gasteiger partial charge is 0.489 e. The molecule has 13 heteroatoms. The Balaban J connectivity index is 0.000000269. The normalized spacial score (nSPS) is 13.9. The number of halogens is 3. The van der Waals surface area contributed by atoms with E-state index in [1.54, 1.807) is 6.07 Å². The van der Waals surface area contributed by atoms with E-state index in [1.807, 2.05) is 4.90 Å². The number of ether oxygens (including phenoxy) is 1. The SMILES string of the molecule is Nc1cnc(Cl)nc1N.Nc1cnc(N2CCC(Oc3cc(F)ccc3Br)CC2)nc1N. The summed E-state index contributed by atoms with van der Waals surface area (Å²) in [5.74, 6) is 1.29. The number of rotatable bonds is 3. The lowest BCUT2D eigenvalue weighted by molar-refractivity contribution is 0.168. The summed E-state index contributed by atoms with van der Waals surface area (Å²) in [4.78, 5) is 17.6. The lowest BCUT2D eigenvalue weighted by atomic mass is 10.1. The lowest BCUT2D eigenvalue weighted by Crippen LogP contribution is -2.39. The predicted octanol–water partition coefficient (Wildman–Crippen LogP) is 2.88. The van der Waals surface area contributed by atoms with Gasteiger partial charge in [-0.3, -0.25) is 0 Å². The summed E-state index contributed by atoms with van der Waals surface area (Å²) in [6, 6.07) is 4.42. The topological polar surface area (TPSA) is 168 Å². The molecular weight excluding hydrogens is 505 g/mol. The van der Waals surface area contributed by atoms with Gasteiger partial charge in [0.25, 0.3) is 0 Å². The zero-order chi connectivity index (χ0) is 23.3. The third-order valence-corrected chi connectivity index (χ3v) is 5.40. The van der Waals surface area contributed by atoms with Crippen molar-refractivity contribution in [2.75, 3.05) is 40.9 Å². The Kier molecular flexibility index (Phi) is 7.70. The highest BCUT2D eigenvalue weighted by Gasteiger charge is 2.23. The number of benzene rings is 1. The molecule has 0 bridgehead atoms. The molecule has 3 aromatic rings. The summed E-state index contributed by atoms with van der Waals surface area (Å²) in [7, 11) is 0. The minimum Gasteiger partial charge on any atom is -0.489 e. The number of nitrogens with two attached hydrogens (primary N) is 4. The van der Waals surface area contributed by atoms with Crippen LogP contribution in [0, 0.1) is 5.82 Å². The van der Waals surface area contributed by atoms with E-state index in [-0.39, 0.29) is 28.8 Å². The van der Waals surface area contributed by atoms with Crippen molar-refractivity contribution >= 4 is 56.5 Å². The quantitative estimate of drug-likeness (QED) is 0.372. The number of nitrogens with zero attached hydrogens (tertiary/aromatic N) is 5. The van der Waals surface area contributed by atoms with Crippen LogP contribution in [0.15, 0.2) is 35.1 Å². The van der Waals surface area contributed by atoms with Crippen LogP contribution in [0.2, 0.25) is 5.28 Å². The molecule has 2 aromatic heterocycles. The van der Waals surface area contributed by atoms with Gasteiger partial charge >= 0.3 is 0 Å². The van der Waals surface area contributed by atoms with Crippen molar-refractivity contribution in [1.29, 1.82) is 0 Å². The van der Waals surface area contributed by atoms with Gasteiger partial charge in [-0.1, -0.05) is 0 Å². The van der Waals surface area contributed by atoms with Crippen molar-refractivity contribution in [1.82, 2.24) is 19.9 Å². The first-order valence-electron chi connectivity index (χ1n) is 9.51. The van der Waals surface area contributed by atoms with Gasteiger partial charge in [-0.25, -0.2) is 14.4 Å². The number of hydrogen-bond acceptors (Lipinski definition) is 10. The summed E-state index contributed by atoms with van der Waals surface area (Å²) in [6.45, 7) is 1.47. The van der Waals surface area contributed by atoms with Crippen molar-refractivity contribution < 1.29 is 9.13 Å². The molecule has 0 amide bonds. The fourth-order valence-corrected chi connectivity index (χ4v) is 3.33. The zero-order valence-electron chi connectivity index (χ0n) is 16.9. The van der Waals surface area contributed by atoms with E-state index in [2.05, 4.69) is 35.9 Å². The zero-order valence-corrected chi connectivity index (χ0v) is 19.2. The van der Waals surface area contributed by atoms with Crippen LogP contribution in [0.1, 0.15) is 12.8 Å². The second kappa shape index (κ2) is 10.5. The van der Waals surface area contributed by atoms with E-state index >= 15 is 0 Å². The van der Waals surface area contributed by atoms with Gasteiger partial charge in [0.2, 0.25) is 11.2 Å². The summed E-state index contributed by atoms with van der Waals surface area (Å²) >= 11 is 8.73.